The molecule has 0 spiro atoms. The quantitative estimate of drug-likeness (QED) is 0.785. The zero-order valence-electron chi connectivity index (χ0n) is 12.3. The third-order valence-electron chi connectivity index (χ3n) is 3.14. The molecule has 21 heavy (non-hydrogen) atoms. The standard InChI is InChI=1S/C13H19N7S/c1-3-6-14-11-7-9(2)15-12(16-11)8-21-13-17-18-19-20(13)10-4-5-10/h7,10H,3-6,8H2,1-2H3,(H,14,15,16). The van der Waals surface area contributed by atoms with Gasteiger partial charge in [-0.2, -0.15) is 0 Å². The smallest absolute Gasteiger partial charge is 0.210 e. The van der Waals surface area contributed by atoms with E-state index in [0.29, 0.717) is 11.8 Å². The van der Waals surface area contributed by atoms with E-state index in [4.69, 9.17) is 0 Å². The zero-order valence-corrected chi connectivity index (χ0v) is 13.1. The average Bonchev–Trinajstić information content (AvgIpc) is 3.21. The van der Waals surface area contributed by atoms with E-state index in [1.54, 1.807) is 11.8 Å². The lowest BCUT2D eigenvalue weighted by atomic mass is 10.4. The lowest BCUT2D eigenvalue weighted by Crippen LogP contribution is -2.06. The number of aromatic nitrogens is 6. The Balaban J connectivity index is 1.66. The number of nitrogens with zero attached hydrogens (tertiary/aromatic N) is 6. The van der Waals surface area contributed by atoms with Gasteiger partial charge in [-0.05, 0) is 36.6 Å². The van der Waals surface area contributed by atoms with Gasteiger partial charge in [-0.25, -0.2) is 14.6 Å². The first-order chi connectivity index (χ1) is 10.3. The summed E-state index contributed by atoms with van der Waals surface area (Å²) < 4.78 is 1.91. The van der Waals surface area contributed by atoms with Crippen molar-refractivity contribution in [1.82, 2.24) is 30.2 Å². The monoisotopic (exact) mass is 305 g/mol. The van der Waals surface area contributed by atoms with Gasteiger partial charge in [0.25, 0.3) is 0 Å². The lowest BCUT2D eigenvalue weighted by Gasteiger charge is -2.07. The Morgan fingerprint density at radius 2 is 2.24 bits per heavy atom. The van der Waals surface area contributed by atoms with E-state index in [2.05, 4.69) is 37.7 Å². The van der Waals surface area contributed by atoms with Gasteiger partial charge in [0, 0.05) is 18.3 Å². The summed E-state index contributed by atoms with van der Waals surface area (Å²) in [5.74, 6) is 2.38. The van der Waals surface area contributed by atoms with Crippen molar-refractivity contribution in [3.05, 3.63) is 17.6 Å². The van der Waals surface area contributed by atoms with Gasteiger partial charge in [0.05, 0.1) is 11.8 Å². The predicted octanol–water partition coefficient (Wildman–Crippen LogP) is 2.22. The molecule has 7 nitrogen and oxygen atoms in total. The van der Waals surface area contributed by atoms with Crippen LogP contribution in [0.15, 0.2) is 11.2 Å². The maximum absolute atomic E-state index is 4.54. The van der Waals surface area contributed by atoms with Gasteiger partial charge in [0.15, 0.2) is 0 Å². The van der Waals surface area contributed by atoms with Gasteiger partial charge in [-0.15, -0.1) is 5.10 Å². The van der Waals surface area contributed by atoms with Crippen LogP contribution in [0.2, 0.25) is 0 Å². The molecule has 0 amide bonds. The summed E-state index contributed by atoms with van der Waals surface area (Å²) in [6.45, 7) is 5.04. The van der Waals surface area contributed by atoms with Crippen LogP contribution in [0.25, 0.3) is 0 Å². The number of tetrazole rings is 1. The van der Waals surface area contributed by atoms with Crippen LogP contribution in [-0.4, -0.2) is 36.7 Å². The molecule has 1 aliphatic carbocycles. The molecule has 1 aliphatic rings. The van der Waals surface area contributed by atoms with Crippen molar-refractivity contribution < 1.29 is 0 Å². The first kappa shape index (κ1) is 14.2. The molecule has 3 rings (SSSR count). The third kappa shape index (κ3) is 3.69. The van der Waals surface area contributed by atoms with E-state index in [-0.39, 0.29) is 0 Å². The van der Waals surface area contributed by atoms with Gasteiger partial charge < -0.3 is 5.32 Å². The van der Waals surface area contributed by atoms with Crippen molar-refractivity contribution in [1.29, 1.82) is 0 Å². The molecule has 0 aromatic carbocycles. The number of aryl methyl sites for hydroxylation is 1. The first-order valence-electron chi connectivity index (χ1n) is 7.25. The summed E-state index contributed by atoms with van der Waals surface area (Å²) in [4.78, 5) is 9.02. The molecule has 1 saturated carbocycles. The lowest BCUT2D eigenvalue weighted by molar-refractivity contribution is 0.565. The molecule has 0 radical (unpaired) electrons. The van der Waals surface area contributed by atoms with Crippen LogP contribution in [0, 0.1) is 6.92 Å². The fraction of sp³-hybridized carbons (Fsp3) is 0.615. The minimum absolute atomic E-state index is 0.489. The Bertz CT molecular complexity index is 608. The highest BCUT2D eigenvalue weighted by atomic mass is 32.2. The van der Waals surface area contributed by atoms with Gasteiger partial charge >= 0.3 is 0 Å². The Hall–Kier alpha value is -1.70. The molecule has 0 aliphatic heterocycles. The molecule has 112 valence electrons. The van der Waals surface area contributed by atoms with Crippen molar-refractivity contribution in [2.75, 3.05) is 11.9 Å². The highest BCUT2D eigenvalue weighted by Gasteiger charge is 2.27. The number of hydrogen-bond donors (Lipinski definition) is 1. The molecule has 2 heterocycles. The SMILES string of the molecule is CCCNc1cc(C)nc(CSc2nnnn2C2CC2)n1. The van der Waals surface area contributed by atoms with Crippen molar-refractivity contribution in [2.45, 2.75) is 50.1 Å². The van der Waals surface area contributed by atoms with E-state index in [1.807, 2.05) is 17.7 Å². The Morgan fingerprint density at radius 3 is 3.00 bits per heavy atom. The van der Waals surface area contributed by atoms with Crippen molar-refractivity contribution >= 4 is 17.6 Å². The Labute approximate surface area is 127 Å². The highest BCUT2D eigenvalue weighted by Crippen LogP contribution is 2.36. The predicted molar refractivity (Wildman–Crippen MR) is 81.2 cm³/mol. The summed E-state index contributed by atoms with van der Waals surface area (Å²) in [6, 6.07) is 2.46. The molecule has 0 atom stereocenters. The number of rotatable bonds is 7. The molecule has 0 unspecified atom stereocenters. The number of thioether (sulfide) groups is 1. The minimum Gasteiger partial charge on any atom is -0.370 e. The van der Waals surface area contributed by atoms with Crippen molar-refractivity contribution in [2.24, 2.45) is 0 Å². The van der Waals surface area contributed by atoms with Gasteiger partial charge in [0.2, 0.25) is 5.16 Å². The first-order valence-corrected chi connectivity index (χ1v) is 8.24. The van der Waals surface area contributed by atoms with E-state index in [1.165, 1.54) is 12.8 Å². The molecular formula is C13H19N7S. The summed E-state index contributed by atoms with van der Waals surface area (Å²) in [5.41, 5.74) is 0.973. The molecule has 2 aromatic rings. The number of anilines is 1. The van der Waals surface area contributed by atoms with Crippen LogP contribution < -0.4 is 5.32 Å². The maximum Gasteiger partial charge on any atom is 0.210 e. The summed E-state index contributed by atoms with van der Waals surface area (Å²) in [5, 5.41) is 16.0. The number of nitrogens with one attached hydrogen (secondary N) is 1. The van der Waals surface area contributed by atoms with Crippen LogP contribution in [-0.2, 0) is 5.75 Å². The minimum atomic E-state index is 0.489. The van der Waals surface area contributed by atoms with E-state index in [9.17, 15) is 0 Å². The molecule has 0 saturated heterocycles. The number of hydrogen-bond acceptors (Lipinski definition) is 7. The molecule has 2 aromatic heterocycles. The van der Waals surface area contributed by atoms with Crippen molar-refractivity contribution in [3.63, 3.8) is 0 Å². The van der Waals surface area contributed by atoms with Crippen LogP contribution in [0.5, 0.6) is 0 Å². The molecule has 1 fully saturated rings. The zero-order chi connectivity index (χ0) is 14.7. The second-order valence-corrected chi connectivity index (χ2v) is 6.11. The maximum atomic E-state index is 4.54. The highest BCUT2D eigenvalue weighted by molar-refractivity contribution is 7.98. The molecular weight excluding hydrogens is 286 g/mol. The van der Waals surface area contributed by atoms with Crippen LogP contribution in [0.1, 0.15) is 43.7 Å². The summed E-state index contributed by atoms with van der Waals surface area (Å²) in [7, 11) is 0. The van der Waals surface area contributed by atoms with E-state index < -0.39 is 0 Å². The topological polar surface area (TPSA) is 81.4 Å². The van der Waals surface area contributed by atoms with E-state index >= 15 is 0 Å². The van der Waals surface area contributed by atoms with Gasteiger partial charge in [-0.1, -0.05) is 18.7 Å². The molecule has 1 N–H and O–H groups in total. The van der Waals surface area contributed by atoms with Crippen LogP contribution >= 0.6 is 11.8 Å². The van der Waals surface area contributed by atoms with Crippen molar-refractivity contribution in [3.8, 4) is 0 Å². The third-order valence-corrected chi connectivity index (χ3v) is 4.07. The summed E-state index contributed by atoms with van der Waals surface area (Å²) in [6.07, 6.45) is 3.42. The fourth-order valence-electron chi connectivity index (χ4n) is 2.00. The largest absolute Gasteiger partial charge is 0.370 e. The summed E-state index contributed by atoms with van der Waals surface area (Å²) >= 11 is 1.59. The van der Waals surface area contributed by atoms with Gasteiger partial charge in [0.1, 0.15) is 11.6 Å². The second kappa shape index (κ2) is 6.38. The fourth-order valence-corrected chi connectivity index (χ4v) is 2.80. The average molecular weight is 305 g/mol. The second-order valence-electron chi connectivity index (χ2n) is 5.16. The normalized spacial score (nSPS) is 14.4. The Kier molecular flexibility index (Phi) is 4.33. The van der Waals surface area contributed by atoms with Crippen LogP contribution in [0.3, 0.4) is 0 Å². The molecule has 8 heteroatoms. The van der Waals surface area contributed by atoms with Gasteiger partial charge in [-0.3, -0.25) is 0 Å². The van der Waals surface area contributed by atoms with Crippen LogP contribution in [0.4, 0.5) is 5.82 Å². The molecule has 0 bridgehead atoms. The van der Waals surface area contributed by atoms with E-state index in [0.717, 1.165) is 35.5 Å². The Morgan fingerprint density at radius 1 is 1.38 bits per heavy atom.